The number of benzene rings is 2. The molecule has 2 aromatic heterocycles. The largest absolute Gasteiger partial charge is 0.439 e. The molecule has 2 aromatic carbocycles. The third-order valence-corrected chi connectivity index (χ3v) is 4.37. The molecule has 2 N–H and O–H groups in total. The molecule has 0 spiro atoms. The Morgan fingerprint density at radius 1 is 1.12 bits per heavy atom. The number of anilines is 1. The van der Waals surface area contributed by atoms with Crippen LogP contribution in [0.25, 0.3) is 22.5 Å². The van der Waals surface area contributed by atoms with Gasteiger partial charge in [-0.2, -0.15) is 9.36 Å². The van der Waals surface area contributed by atoms with E-state index in [1.807, 2.05) is 55.5 Å². The molecule has 0 aliphatic carbocycles. The molecule has 0 aliphatic heterocycles. The monoisotopic (exact) mass is 365 g/mol. The van der Waals surface area contributed by atoms with Crippen LogP contribution in [-0.4, -0.2) is 20.4 Å². The van der Waals surface area contributed by atoms with Gasteiger partial charge in [-0.05, 0) is 18.6 Å². The zero-order valence-corrected chi connectivity index (χ0v) is 14.7. The van der Waals surface area contributed by atoms with Crippen molar-refractivity contribution in [1.82, 2.24) is 19.7 Å². The second-order valence-corrected chi connectivity index (χ2v) is 6.38. The summed E-state index contributed by atoms with van der Waals surface area (Å²) >= 11 is 1.13. The highest BCUT2D eigenvalue weighted by Gasteiger charge is 2.11. The molecule has 0 atom stereocenters. The zero-order chi connectivity index (χ0) is 17.9. The van der Waals surface area contributed by atoms with Crippen LogP contribution < -0.4 is 10.6 Å². The van der Waals surface area contributed by atoms with Gasteiger partial charge in [0.05, 0.1) is 6.54 Å². The predicted molar refractivity (Wildman–Crippen MR) is 99.9 cm³/mol. The summed E-state index contributed by atoms with van der Waals surface area (Å²) in [5, 5.41) is 5.81. The number of urea groups is 1. The lowest BCUT2D eigenvalue weighted by molar-refractivity contribution is 0.250. The van der Waals surface area contributed by atoms with Gasteiger partial charge in [0.25, 0.3) is 0 Å². The molecule has 0 bridgehead atoms. The third kappa shape index (κ3) is 3.40. The lowest BCUT2D eigenvalue weighted by atomic mass is 10.2. The quantitative estimate of drug-likeness (QED) is 0.571. The van der Waals surface area contributed by atoms with E-state index in [0.29, 0.717) is 22.4 Å². The molecule has 0 radical (unpaired) electrons. The van der Waals surface area contributed by atoms with Gasteiger partial charge < -0.3 is 9.73 Å². The first-order valence-electron chi connectivity index (χ1n) is 7.98. The maximum absolute atomic E-state index is 12.1. The Labute approximate surface area is 153 Å². The van der Waals surface area contributed by atoms with Crippen molar-refractivity contribution in [3.8, 4) is 11.4 Å². The number of nitrogens with one attached hydrogen (secondary N) is 2. The Hall–Kier alpha value is -3.26. The van der Waals surface area contributed by atoms with E-state index in [4.69, 9.17) is 4.42 Å². The van der Waals surface area contributed by atoms with E-state index in [1.165, 1.54) is 0 Å². The normalized spacial score (nSPS) is 10.8. The van der Waals surface area contributed by atoms with E-state index in [-0.39, 0.29) is 12.6 Å². The van der Waals surface area contributed by atoms with Gasteiger partial charge in [-0.3, -0.25) is 5.32 Å². The molecule has 0 saturated heterocycles. The number of oxazole rings is 1. The SMILES string of the molecule is Cc1cccc2oc(CNC(=O)Nc3nc(-c4ccccc4)ns3)nc12. The number of amides is 2. The number of hydrogen-bond donors (Lipinski definition) is 2. The van der Waals surface area contributed by atoms with Gasteiger partial charge in [0, 0.05) is 17.1 Å². The zero-order valence-electron chi connectivity index (χ0n) is 13.9. The van der Waals surface area contributed by atoms with Crippen molar-refractivity contribution in [2.24, 2.45) is 0 Å². The second-order valence-electron chi connectivity index (χ2n) is 5.63. The summed E-state index contributed by atoms with van der Waals surface area (Å²) in [6, 6.07) is 14.9. The average molecular weight is 365 g/mol. The number of carbonyl (C=O) groups excluding carboxylic acids is 1. The highest BCUT2D eigenvalue weighted by atomic mass is 32.1. The third-order valence-electron chi connectivity index (χ3n) is 3.74. The molecule has 0 fully saturated rings. The fourth-order valence-corrected chi connectivity index (χ4v) is 3.07. The lowest BCUT2D eigenvalue weighted by Crippen LogP contribution is -2.28. The molecule has 2 heterocycles. The highest BCUT2D eigenvalue weighted by molar-refractivity contribution is 7.10. The van der Waals surface area contributed by atoms with Crippen molar-refractivity contribution in [2.75, 3.05) is 5.32 Å². The standard InChI is InChI=1S/C18H15N5O2S/c1-11-6-5-9-13-15(11)20-14(25-13)10-19-17(24)22-18-21-16(23-26-18)12-7-3-2-4-8-12/h2-9H,10H2,1H3,(H2,19,21,22,23,24). The molecule has 7 nitrogen and oxygen atoms in total. The number of hydrogen-bond acceptors (Lipinski definition) is 6. The number of nitrogens with zero attached hydrogens (tertiary/aromatic N) is 3. The van der Waals surface area contributed by atoms with Crippen LogP contribution >= 0.6 is 11.5 Å². The van der Waals surface area contributed by atoms with Crippen LogP contribution in [0.4, 0.5) is 9.93 Å². The minimum absolute atomic E-state index is 0.185. The van der Waals surface area contributed by atoms with E-state index in [9.17, 15) is 4.79 Å². The summed E-state index contributed by atoms with van der Waals surface area (Å²) in [4.78, 5) is 20.8. The molecule has 0 saturated carbocycles. The number of carbonyl (C=O) groups is 1. The first-order chi connectivity index (χ1) is 12.7. The van der Waals surface area contributed by atoms with Crippen molar-refractivity contribution < 1.29 is 9.21 Å². The van der Waals surface area contributed by atoms with Crippen molar-refractivity contribution >= 4 is 33.8 Å². The van der Waals surface area contributed by atoms with Crippen molar-refractivity contribution in [1.29, 1.82) is 0 Å². The molecule has 4 aromatic rings. The molecular formula is C18H15N5O2S. The van der Waals surface area contributed by atoms with E-state index < -0.39 is 0 Å². The van der Waals surface area contributed by atoms with Crippen LogP contribution in [0, 0.1) is 6.92 Å². The predicted octanol–water partition coefficient (Wildman–Crippen LogP) is 3.98. The van der Waals surface area contributed by atoms with Gasteiger partial charge in [-0.25, -0.2) is 9.78 Å². The first kappa shape index (κ1) is 16.2. The van der Waals surface area contributed by atoms with Gasteiger partial charge in [0.2, 0.25) is 11.0 Å². The second kappa shape index (κ2) is 6.93. The van der Waals surface area contributed by atoms with Gasteiger partial charge >= 0.3 is 6.03 Å². The van der Waals surface area contributed by atoms with Crippen LogP contribution in [0.5, 0.6) is 0 Å². The van der Waals surface area contributed by atoms with E-state index in [1.54, 1.807) is 0 Å². The maximum Gasteiger partial charge on any atom is 0.321 e. The molecule has 0 unspecified atom stereocenters. The fraction of sp³-hybridized carbons (Fsp3) is 0.111. The van der Waals surface area contributed by atoms with Crippen LogP contribution in [0.15, 0.2) is 52.9 Å². The first-order valence-corrected chi connectivity index (χ1v) is 8.75. The van der Waals surface area contributed by atoms with Crippen LogP contribution in [0.3, 0.4) is 0 Å². The highest BCUT2D eigenvalue weighted by Crippen LogP contribution is 2.21. The van der Waals surface area contributed by atoms with E-state index >= 15 is 0 Å². The molecule has 130 valence electrons. The summed E-state index contributed by atoms with van der Waals surface area (Å²) < 4.78 is 9.89. The minimum atomic E-state index is -0.389. The average Bonchev–Trinajstić information content (AvgIpc) is 3.28. The number of aryl methyl sites for hydroxylation is 1. The number of aromatic nitrogens is 3. The number of para-hydroxylation sites is 1. The Balaban J connectivity index is 1.38. The molecule has 2 amide bonds. The van der Waals surface area contributed by atoms with Crippen molar-refractivity contribution in [3.05, 3.63) is 60.0 Å². The van der Waals surface area contributed by atoms with E-state index in [0.717, 1.165) is 28.2 Å². The molecule has 26 heavy (non-hydrogen) atoms. The van der Waals surface area contributed by atoms with Gasteiger partial charge in [0.1, 0.15) is 5.52 Å². The summed E-state index contributed by atoms with van der Waals surface area (Å²) in [7, 11) is 0. The van der Waals surface area contributed by atoms with Gasteiger partial charge in [-0.1, -0.05) is 42.5 Å². The summed E-state index contributed by atoms with van der Waals surface area (Å²) in [5.41, 5.74) is 3.45. The molecular weight excluding hydrogens is 350 g/mol. The molecule has 0 aliphatic rings. The van der Waals surface area contributed by atoms with Crippen LogP contribution in [-0.2, 0) is 6.54 Å². The Morgan fingerprint density at radius 3 is 2.77 bits per heavy atom. The van der Waals surface area contributed by atoms with Crippen LogP contribution in [0.2, 0.25) is 0 Å². The number of rotatable bonds is 4. The molecule has 8 heteroatoms. The minimum Gasteiger partial charge on any atom is -0.439 e. The van der Waals surface area contributed by atoms with Crippen molar-refractivity contribution in [3.63, 3.8) is 0 Å². The Morgan fingerprint density at radius 2 is 1.96 bits per heavy atom. The smallest absolute Gasteiger partial charge is 0.321 e. The summed E-state index contributed by atoms with van der Waals surface area (Å²) in [6.07, 6.45) is 0. The Bertz CT molecular complexity index is 1060. The lowest BCUT2D eigenvalue weighted by Gasteiger charge is -2.01. The fourth-order valence-electron chi connectivity index (χ4n) is 2.48. The van der Waals surface area contributed by atoms with Crippen LogP contribution in [0.1, 0.15) is 11.5 Å². The summed E-state index contributed by atoms with van der Waals surface area (Å²) in [5.74, 6) is 1.03. The Kier molecular flexibility index (Phi) is 4.32. The van der Waals surface area contributed by atoms with E-state index in [2.05, 4.69) is 25.0 Å². The maximum atomic E-state index is 12.1. The summed E-state index contributed by atoms with van der Waals surface area (Å²) in [6.45, 7) is 2.15. The molecule has 4 rings (SSSR count). The van der Waals surface area contributed by atoms with Crippen molar-refractivity contribution in [2.45, 2.75) is 13.5 Å². The number of fused-ring (bicyclic) bond motifs is 1. The van der Waals surface area contributed by atoms with Gasteiger partial charge in [-0.15, -0.1) is 0 Å². The van der Waals surface area contributed by atoms with Gasteiger partial charge in [0.15, 0.2) is 11.4 Å². The topological polar surface area (TPSA) is 92.9 Å².